The van der Waals surface area contributed by atoms with E-state index in [1.807, 2.05) is 32.2 Å². The summed E-state index contributed by atoms with van der Waals surface area (Å²) in [6.45, 7) is 2.53. The lowest BCUT2D eigenvalue weighted by Gasteiger charge is -2.29. The number of likely N-dealkylation sites (N-methyl/N-ethyl adjacent to an activating group) is 1. The van der Waals surface area contributed by atoms with E-state index in [1.54, 1.807) is 0 Å². The lowest BCUT2D eigenvalue weighted by molar-refractivity contribution is 0.177. The molecule has 0 aromatic heterocycles. The van der Waals surface area contributed by atoms with Crippen LogP contribution in [0.3, 0.4) is 0 Å². The Morgan fingerprint density at radius 1 is 1.35 bits per heavy atom. The van der Waals surface area contributed by atoms with Crippen LogP contribution in [-0.4, -0.2) is 30.3 Å². The van der Waals surface area contributed by atoms with Crippen LogP contribution in [0.5, 0.6) is 0 Å². The number of aryl methyl sites for hydroxylation is 1. The molecule has 3 N–H and O–H groups in total. The van der Waals surface area contributed by atoms with Crippen molar-refractivity contribution in [2.24, 2.45) is 0 Å². The molecule has 94 valence electrons. The highest BCUT2D eigenvalue weighted by atomic mass is 16.4. The first-order valence-corrected chi connectivity index (χ1v) is 5.75. The minimum Gasteiger partial charge on any atom is -0.465 e. The minimum absolute atomic E-state index is 0.434. The number of benzene rings is 1. The zero-order valence-electron chi connectivity index (χ0n) is 10.4. The van der Waals surface area contributed by atoms with Crippen molar-refractivity contribution in [3.05, 3.63) is 35.9 Å². The molecule has 0 fully saturated rings. The summed E-state index contributed by atoms with van der Waals surface area (Å²) in [4.78, 5) is 10.8. The van der Waals surface area contributed by atoms with E-state index >= 15 is 0 Å². The number of hydrogen-bond acceptors (Lipinski definition) is 2. The number of rotatable bonds is 6. The van der Waals surface area contributed by atoms with Crippen molar-refractivity contribution < 1.29 is 9.90 Å². The maximum atomic E-state index is 10.8. The topological polar surface area (TPSA) is 61.4 Å². The molecule has 1 amide bonds. The van der Waals surface area contributed by atoms with Crippen molar-refractivity contribution >= 4 is 6.09 Å². The standard InChI is InChI=1S/C13H20N2O2/c1-13(10-14-2,15-12(16)17)9-8-11-6-4-3-5-7-11/h3-7,14-15H,8-10H2,1-2H3,(H,16,17). The minimum atomic E-state index is -0.976. The molecule has 1 rings (SSSR count). The Morgan fingerprint density at radius 2 is 2.00 bits per heavy atom. The monoisotopic (exact) mass is 236 g/mol. The van der Waals surface area contributed by atoms with E-state index < -0.39 is 11.6 Å². The van der Waals surface area contributed by atoms with Gasteiger partial charge in [0.25, 0.3) is 0 Å². The third-order valence-electron chi connectivity index (χ3n) is 2.78. The summed E-state index contributed by atoms with van der Waals surface area (Å²) in [5, 5.41) is 14.4. The molecule has 0 spiro atoms. The van der Waals surface area contributed by atoms with Gasteiger partial charge >= 0.3 is 6.09 Å². The van der Waals surface area contributed by atoms with Gasteiger partial charge in [-0.15, -0.1) is 0 Å². The molecule has 4 heteroatoms. The van der Waals surface area contributed by atoms with E-state index in [9.17, 15) is 4.79 Å². The van der Waals surface area contributed by atoms with E-state index in [0.29, 0.717) is 6.54 Å². The smallest absolute Gasteiger partial charge is 0.405 e. The summed E-state index contributed by atoms with van der Waals surface area (Å²) >= 11 is 0. The highest BCUT2D eigenvalue weighted by Crippen LogP contribution is 2.13. The Kier molecular flexibility index (Phi) is 4.97. The zero-order chi connectivity index (χ0) is 12.7. The van der Waals surface area contributed by atoms with Gasteiger partial charge in [0, 0.05) is 6.54 Å². The molecule has 1 aromatic carbocycles. The molecule has 0 heterocycles. The Balaban J connectivity index is 2.58. The van der Waals surface area contributed by atoms with Crippen LogP contribution in [0.1, 0.15) is 18.9 Å². The maximum Gasteiger partial charge on any atom is 0.405 e. The molecule has 0 radical (unpaired) electrons. The van der Waals surface area contributed by atoms with Gasteiger partial charge in [-0.25, -0.2) is 4.79 Å². The molecule has 1 unspecified atom stereocenters. The van der Waals surface area contributed by atoms with Gasteiger partial charge in [-0.2, -0.15) is 0 Å². The third kappa shape index (κ3) is 4.87. The SMILES string of the molecule is CNCC(C)(CCc1ccccc1)NC(=O)O. The van der Waals surface area contributed by atoms with Crippen LogP contribution in [0.4, 0.5) is 4.79 Å². The fourth-order valence-electron chi connectivity index (χ4n) is 1.91. The van der Waals surface area contributed by atoms with E-state index in [4.69, 9.17) is 5.11 Å². The van der Waals surface area contributed by atoms with E-state index in [-0.39, 0.29) is 0 Å². The largest absolute Gasteiger partial charge is 0.465 e. The third-order valence-corrected chi connectivity index (χ3v) is 2.78. The first-order chi connectivity index (χ1) is 8.06. The van der Waals surface area contributed by atoms with Crippen LogP contribution < -0.4 is 10.6 Å². The molecule has 0 saturated carbocycles. The average Bonchev–Trinajstić information content (AvgIpc) is 2.27. The normalized spacial score (nSPS) is 14.0. The summed E-state index contributed by atoms with van der Waals surface area (Å²) in [6, 6.07) is 10.1. The molecule has 0 bridgehead atoms. The molecule has 17 heavy (non-hydrogen) atoms. The van der Waals surface area contributed by atoms with Crippen LogP contribution in [-0.2, 0) is 6.42 Å². The number of nitrogens with one attached hydrogen (secondary N) is 2. The van der Waals surface area contributed by atoms with Gasteiger partial charge in [0.2, 0.25) is 0 Å². The molecule has 0 aliphatic carbocycles. The Morgan fingerprint density at radius 3 is 2.53 bits per heavy atom. The van der Waals surface area contributed by atoms with Gasteiger partial charge in [-0.3, -0.25) is 0 Å². The summed E-state index contributed by atoms with van der Waals surface area (Å²) in [6.07, 6.45) is 0.652. The van der Waals surface area contributed by atoms with Crippen molar-refractivity contribution in [3.8, 4) is 0 Å². The van der Waals surface area contributed by atoms with E-state index in [0.717, 1.165) is 12.8 Å². The van der Waals surface area contributed by atoms with Gasteiger partial charge in [0.1, 0.15) is 0 Å². The fourth-order valence-corrected chi connectivity index (χ4v) is 1.91. The van der Waals surface area contributed by atoms with Crippen LogP contribution in [0.2, 0.25) is 0 Å². The molecular formula is C13H20N2O2. The van der Waals surface area contributed by atoms with Crippen LogP contribution in [0.15, 0.2) is 30.3 Å². The van der Waals surface area contributed by atoms with Crippen molar-refractivity contribution in [1.82, 2.24) is 10.6 Å². The Labute approximate surface area is 102 Å². The van der Waals surface area contributed by atoms with Crippen molar-refractivity contribution in [2.45, 2.75) is 25.3 Å². The zero-order valence-corrected chi connectivity index (χ0v) is 10.4. The number of hydrogen-bond donors (Lipinski definition) is 3. The summed E-state index contributed by atoms with van der Waals surface area (Å²) < 4.78 is 0. The summed E-state index contributed by atoms with van der Waals surface area (Å²) in [5.41, 5.74) is 0.790. The van der Waals surface area contributed by atoms with Gasteiger partial charge in [0.05, 0.1) is 5.54 Å². The molecule has 0 aliphatic rings. The van der Waals surface area contributed by atoms with E-state index in [1.165, 1.54) is 5.56 Å². The molecule has 0 aliphatic heterocycles. The molecule has 4 nitrogen and oxygen atoms in total. The Bertz CT molecular complexity index is 354. The average molecular weight is 236 g/mol. The van der Waals surface area contributed by atoms with Crippen LogP contribution in [0.25, 0.3) is 0 Å². The van der Waals surface area contributed by atoms with Crippen molar-refractivity contribution in [3.63, 3.8) is 0 Å². The Hall–Kier alpha value is -1.55. The van der Waals surface area contributed by atoms with Crippen molar-refractivity contribution in [1.29, 1.82) is 0 Å². The first-order valence-electron chi connectivity index (χ1n) is 5.75. The van der Waals surface area contributed by atoms with E-state index in [2.05, 4.69) is 22.8 Å². The molecule has 1 aromatic rings. The quantitative estimate of drug-likeness (QED) is 0.706. The second kappa shape index (κ2) is 6.25. The molecular weight excluding hydrogens is 216 g/mol. The number of carbonyl (C=O) groups is 1. The number of carboxylic acid groups (broad SMARTS) is 1. The maximum absolute atomic E-state index is 10.8. The lowest BCUT2D eigenvalue weighted by atomic mass is 9.93. The van der Waals surface area contributed by atoms with Crippen molar-refractivity contribution in [2.75, 3.05) is 13.6 Å². The predicted octanol–water partition coefficient (Wildman–Crippen LogP) is 1.86. The fraction of sp³-hybridized carbons (Fsp3) is 0.462. The first kappa shape index (κ1) is 13.5. The van der Waals surface area contributed by atoms with Gasteiger partial charge in [-0.1, -0.05) is 30.3 Å². The van der Waals surface area contributed by atoms with Gasteiger partial charge in [-0.05, 0) is 32.4 Å². The highest BCUT2D eigenvalue weighted by Gasteiger charge is 2.25. The van der Waals surface area contributed by atoms with Gasteiger partial charge in [0.15, 0.2) is 0 Å². The molecule has 0 saturated heterocycles. The predicted molar refractivity (Wildman–Crippen MR) is 68.3 cm³/mol. The van der Waals surface area contributed by atoms with Crippen LogP contribution in [0, 0.1) is 0 Å². The molecule has 1 atom stereocenters. The highest BCUT2D eigenvalue weighted by molar-refractivity contribution is 5.65. The number of amides is 1. The second-order valence-electron chi connectivity index (χ2n) is 4.51. The summed E-state index contributed by atoms with van der Waals surface area (Å²) in [7, 11) is 1.82. The second-order valence-corrected chi connectivity index (χ2v) is 4.51. The van der Waals surface area contributed by atoms with Crippen LogP contribution >= 0.6 is 0 Å². The van der Waals surface area contributed by atoms with Gasteiger partial charge < -0.3 is 15.7 Å². The lowest BCUT2D eigenvalue weighted by Crippen LogP contribution is -2.51. The summed E-state index contributed by atoms with van der Waals surface area (Å²) in [5.74, 6) is 0.